The zero-order valence-electron chi connectivity index (χ0n) is 17.3. The van der Waals surface area contributed by atoms with E-state index in [1.54, 1.807) is 30.3 Å². The van der Waals surface area contributed by atoms with Gasteiger partial charge in [-0.1, -0.05) is 22.0 Å². The number of aliphatic hydroxyl groups excluding tert-OH is 1. The molecule has 0 saturated carbocycles. The van der Waals surface area contributed by atoms with Gasteiger partial charge in [0.1, 0.15) is 5.76 Å². The molecule has 10 heteroatoms. The number of aliphatic hydroxyl groups is 1. The molecule has 1 aliphatic rings. The molecule has 4 rings (SSSR count). The molecule has 0 aliphatic carbocycles. The number of nitrogens with two attached hydrogens (primary N) is 1. The van der Waals surface area contributed by atoms with Crippen molar-refractivity contribution in [3.05, 3.63) is 93.7 Å². The highest BCUT2D eigenvalue weighted by Gasteiger charge is 2.47. The molecule has 1 amide bonds. The van der Waals surface area contributed by atoms with E-state index in [9.17, 15) is 23.1 Å². The SMILES string of the molecule is Cc1cc(/C(O)=C2\C(=O)C(=O)N(c3ccc(S(N)(=O)=O)cc3)C2c2ccncc2)ccc1Br. The van der Waals surface area contributed by atoms with Crippen molar-refractivity contribution >= 4 is 49.1 Å². The Balaban J connectivity index is 1.92. The second-order valence-electron chi connectivity index (χ2n) is 7.45. The first-order chi connectivity index (χ1) is 15.6. The standard InChI is InChI=1S/C23H18BrN3O5S/c1-13-12-15(2-7-18(13)24)21(28)19-20(14-8-10-26-11-9-14)27(23(30)22(19)29)16-3-5-17(6-4-16)33(25,31)32/h2-12,20,28H,1H3,(H2,25,31,32)/b21-19+. The second-order valence-corrected chi connectivity index (χ2v) is 9.87. The third-order valence-electron chi connectivity index (χ3n) is 5.34. The number of halogens is 1. The van der Waals surface area contributed by atoms with Crippen molar-refractivity contribution in [1.82, 2.24) is 4.98 Å². The number of hydrogen-bond donors (Lipinski definition) is 2. The Labute approximate surface area is 198 Å². The molecule has 8 nitrogen and oxygen atoms in total. The van der Waals surface area contributed by atoms with Crippen LogP contribution in [0.2, 0.25) is 0 Å². The van der Waals surface area contributed by atoms with E-state index in [4.69, 9.17) is 5.14 Å². The maximum Gasteiger partial charge on any atom is 0.300 e. The molecular weight excluding hydrogens is 510 g/mol. The molecule has 1 unspecified atom stereocenters. The van der Waals surface area contributed by atoms with Crippen molar-refractivity contribution < 1.29 is 23.1 Å². The summed E-state index contributed by atoms with van der Waals surface area (Å²) < 4.78 is 24.1. The summed E-state index contributed by atoms with van der Waals surface area (Å²) in [6.45, 7) is 1.84. The number of rotatable bonds is 4. The molecule has 3 N–H and O–H groups in total. The van der Waals surface area contributed by atoms with Gasteiger partial charge in [-0.15, -0.1) is 0 Å². The van der Waals surface area contributed by atoms with Gasteiger partial charge >= 0.3 is 0 Å². The summed E-state index contributed by atoms with van der Waals surface area (Å²) in [5.74, 6) is -2.02. The fourth-order valence-corrected chi connectivity index (χ4v) is 4.47. The minimum absolute atomic E-state index is 0.0801. The number of aromatic nitrogens is 1. The zero-order valence-corrected chi connectivity index (χ0v) is 19.7. The number of carbonyl (C=O) groups is 2. The molecule has 1 aliphatic heterocycles. The number of ketones is 1. The molecule has 1 aromatic heterocycles. The van der Waals surface area contributed by atoms with Crippen LogP contribution in [-0.2, 0) is 19.6 Å². The van der Waals surface area contributed by atoms with Gasteiger partial charge in [0.2, 0.25) is 10.0 Å². The predicted molar refractivity (Wildman–Crippen MR) is 126 cm³/mol. The normalized spacial score (nSPS) is 18.0. The number of sulfonamides is 1. The van der Waals surface area contributed by atoms with Crippen molar-refractivity contribution in [3.63, 3.8) is 0 Å². The van der Waals surface area contributed by atoms with Crippen LogP contribution in [0.1, 0.15) is 22.7 Å². The van der Waals surface area contributed by atoms with Gasteiger partial charge in [-0.05, 0) is 66.6 Å². The van der Waals surface area contributed by atoms with Crippen LogP contribution in [-0.4, -0.2) is 30.2 Å². The Bertz CT molecular complexity index is 1400. The second kappa shape index (κ2) is 8.54. The molecule has 33 heavy (non-hydrogen) atoms. The van der Waals surface area contributed by atoms with Crippen molar-refractivity contribution in [2.45, 2.75) is 17.9 Å². The molecule has 1 atom stereocenters. The lowest BCUT2D eigenvalue weighted by Gasteiger charge is -2.25. The summed E-state index contributed by atoms with van der Waals surface area (Å²) in [4.78, 5) is 31.3. The number of hydrogen-bond acceptors (Lipinski definition) is 6. The molecule has 168 valence electrons. The van der Waals surface area contributed by atoms with Crippen LogP contribution in [0.4, 0.5) is 5.69 Å². The molecule has 0 radical (unpaired) electrons. The third-order valence-corrected chi connectivity index (χ3v) is 7.16. The molecule has 2 aromatic carbocycles. The van der Waals surface area contributed by atoms with Crippen molar-refractivity contribution in [2.24, 2.45) is 5.14 Å². The van der Waals surface area contributed by atoms with Gasteiger partial charge < -0.3 is 5.11 Å². The maximum atomic E-state index is 13.1. The average Bonchev–Trinajstić information content (AvgIpc) is 3.06. The van der Waals surface area contributed by atoms with Crippen molar-refractivity contribution in [1.29, 1.82) is 0 Å². The van der Waals surface area contributed by atoms with Gasteiger partial charge in [0.05, 0.1) is 16.5 Å². The summed E-state index contributed by atoms with van der Waals surface area (Å²) in [6.07, 6.45) is 3.03. The summed E-state index contributed by atoms with van der Waals surface area (Å²) in [7, 11) is -3.93. The Morgan fingerprint density at radius 3 is 2.27 bits per heavy atom. The fraction of sp³-hybridized carbons (Fsp3) is 0.0870. The maximum absolute atomic E-state index is 13.1. The van der Waals surface area contributed by atoms with Gasteiger partial charge in [-0.3, -0.25) is 19.5 Å². The highest BCUT2D eigenvalue weighted by molar-refractivity contribution is 9.10. The average molecular weight is 528 g/mol. The van der Waals surface area contributed by atoms with Gasteiger partial charge in [0.25, 0.3) is 11.7 Å². The molecule has 0 bridgehead atoms. The number of anilines is 1. The van der Waals surface area contributed by atoms with Crippen molar-refractivity contribution in [3.8, 4) is 0 Å². The lowest BCUT2D eigenvalue weighted by Crippen LogP contribution is -2.29. The monoisotopic (exact) mass is 527 g/mol. The van der Waals surface area contributed by atoms with Crippen molar-refractivity contribution in [2.75, 3.05) is 4.90 Å². The summed E-state index contributed by atoms with van der Waals surface area (Å²) >= 11 is 3.41. The van der Waals surface area contributed by atoms with Crippen LogP contribution in [0.3, 0.4) is 0 Å². The highest BCUT2D eigenvalue weighted by atomic mass is 79.9. The summed E-state index contributed by atoms with van der Waals surface area (Å²) in [6, 6.07) is 12.7. The zero-order chi connectivity index (χ0) is 23.9. The Kier molecular flexibility index (Phi) is 5.91. The first kappa shape index (κ1) is 22.8. The Morgan fingerprint density at radius 1 is 1.06 bits per heavy atom. The summed E-state index contributed by atoms with van der Waals surface area (Å²) in [5.41, 5.74) is 1.97. The Morgan fingerprint density at radius 2 is 1.70 bits per heavy atom. The number of benzene rings is 2. The van der Waals surface area contributed by atoms with Crippen LogP contribution in [0.25, 0.3) is 5.76 Å². The smallest absolute Gasteiger partial charge is 0.300 e. The van der Waals surface area contributed by atoms with E-state index in [1.165, 1.54) is 41.6 Å². The molecule has 0 spiro atoms. The van der Waals surface area contributed by atoms with Crippen LogP contribution < -0.4 is 10.0 Å². The van der Waals surface area contributed by atoms with Gasteiger partial charge in [-0.2, -0.15) is 0 Å². The molecular formula is C23H18BrN3O5S. The van der Waals surface area contributed by atoms with E-state index in [1.807, 2.05) is 6.92 Å². The van der Waals surface area contributed by atoms with Crippen LogP contribution >= 0.6 is 15.9 Å². The first-order valence-electron chi connectivity index (χ1n) is 9.70. The highest BCUT2D eigenvalue weighted by Crippen LogP contribution is 2.42. The van der Waals surface area contributed by atoms with E-state index in [-0.39, 0.29) is 21.9 Å². The van der Waals surface area contributed by atoms with Crippen LogP contribution in [0, 0.1) is 6.92 Å². The number of aryl methyl sites for hydroxylation is 1. The number of pyridine rings is 1. The van der Waals surface area contributed by atoms with Gasteiger partial charge in [0, 0.05) is 28.1 Å². The molecule has 2 heterocycles. The topological polar surface area (TPSA) is 131 Å². The van der Waals surface area contributed by atoms with Crippen LogP contribution in [0.15, 0.2) is 81.9 Å². The quantitative estimate of drug-likeness (QED) is 0.303. The molecule has 3 aromatic rings. The lowest BCUT2D eigenvalue weighted by atomic mass is 9.95. The number of amides is 1. The fourth-order valence-electron chi connectivity index (χ4n) is 3.70. The van der Waals surface area contributed by atoms with E-state index >= 15 is 0 Å². The number of primary sulfonamides is 1. The minimum Gasteiger partial charge on any atom is -0.507 e. The molecule has 1 saturated heterocycles. The van der Waals surface area contributed by atoms with E-state index < -0.39 is 27.8 Å². The van der Waals surface area contributed by atoms with E-state index in [0.717, 1.165) is 10.0 Å². The van der Waals surface area contributed by atoms with Gasteiger partial charge in [-0.25, -0.2) is 13.6 Å². The van der Waals surface area contributed by atoms with E-state index in [0.29, 0.717) is 11.1 Å². The third kappa shape index (κ3) is 4.20. The molecule has 1 fully saturated rings. The first-order valence-corrected chi connectivity index (χ1v) is 12.0. The van der Waals surface area contributed by atoms with E-state index in [2.05, 4.69) is 20.9 Å². The number of nitrogens with zero attached hydrogens (tertiary/aromatic N) is 2. The van der Waals surface area contributed by atoms with Gasteiger partial charge in [0.15, 0.2) is 0 Å². The minimum atomic E-state index is -3.93. The van der Waals surface area contributed by atoms with Crippen LogP contribution in [0.5, 0.6) is 0 Å². The summed E-state index contributed by atoms with van der Waals surface area (Å²) in [5, 5.41) is 16.3. The number of Topliss-reactive ketones (excluding diaryl/α,β-unsaturated/α-hetero) is 1. The largest absolute Gasteiger partial charge is 0.507 e. The Hall–Kier alpha value is -3.34. The predicted octanol–water partition coefficient (Wildman–Crippen LogP) is 3.43. The number of carbonyl (C=O) groups excluding carboxylic acids is 2. The lowest BCUT2D eigenvalue weighted by molar-refractivity contribution is -0.132.